The number of hydrogen-bond acceptors (Lipinski definition) is 10. The van der Waals surface area contributed by atoms with Crippen LogP contribution in [0.3, 0.4) is 0 Å². The predicted molar refractivity (Wildman–Crippen MR) is 226 cm³/mol. The zero-order valence-electron chi connectivity index (χ0n) is 33.2. The Labute approximate surface area is 345 Å². The third-order valence-corrected chi connectivity index (χ3v) is 12.5. The summed E-state index contributed by atoms with van der Waals surface area (Å²) in [5.41, 5.74) is 3.22. The molecule has 2 aliphatic heterocycles. The van der Waals surface area contributed by atoms with Gasteiger partial charge in [0.05, 0.1) is 34.4 Å². The van der Waals surface area contributed by atoms with Gasteiger partial charge in [-0.25, -0.2) is 25.6 Å². The van der Waals surface area contributed by atoms with Crippen molar-refractivity contribution >= 4 is 71.8 Å². The number of nitrogens with zero attached hydrogens (tertiary/aromatic N) is 4. The minimum Gasteiger partial charge on any atom is -0.437 e. The number of halogens is 2. The van der Waals surface area contributed by atoms with E-state index in [9.17, 15) is 35.2 Å². The first-order valence-electron chi connectivity index (χ1n) is 19.1. The summed E-state index contributed by atoms with van der Waals surface area (Å²) in [6.07, 6.45) is 10.6. The zero-order chi connectivity index (χ0) is 42.9. The highest BCUT2D eigenvalue weighted by molar-refractivity contribution is 7.92. The first-order chi connectivity index (χ1) is 28.6. The molecule has 0 saturated heterocycles. The van der Waals surface area contributed by atoms with Crippen molar-refractivity contribution in [3.05, 3.63) is 101 Å². The number of carbonyl (C=O) groups excluding carboxylic acids is 2. The number of pyridine rings is 2. The third-order valence-electron chi connectivity index (χ3n) is 10.2. The second kappa shape index (κ2) is 16.8. The molecule has 2 aromatic carbocycles. The summed E-state index contributed by atoms with van der Waals surface area (Å²) in [6, 6.07) is 14.7. The molecule has 0 unspecified atom stereocenters. The molecule has 2 N–H and O–H groups in total. The highest BCUT2D eigenvalue weighted by Gasteiger charge is 2.30. The van der Waals surface area contributed by atoms with Crippen LogP contribution in [0.5, 0.6) is 0 Å². The lowest BCUT2D eigenvalue weighted by atomic mass is 10.0. The number of nitrogens with one attached hydrogen (secondary N) is 2. The third kappa shape index (κ3) is 8.47. The highest BCUT2D eigenvalue weighted by atomic mass is 32.2. The van der Waals surface area contributed by atoms with Gasteiger partial charge in [-0.15, -0.1) is 0 Å². The van der Waals surface area contributed by atoms with Crippen molar-refractivity contribution in [1.82, 2.24) is 20.6 Å². The van der Waals surface area contributed by atoms with Crippen LogP contribution in [0.1, 0.15) is 63.9 Å². The lowest BCUT2D eigenvalue weighted by Gasteiger charge is -2.25. The molecule has 4 aromatic heterocycles. The molecule has 18 heteroatoms. The molecule has 0 saturated carbocycles. The van der Waals surface area contributed by atoms with E-state index < -0.39 is 31.7 Å². The molecule has 0 radical (unpaired) electrons. The monoisotopic (exact) mass is 860 g/mol. The van der Waals surface area contributed by atoms with E-state index in [0.29, 0.717) is 64.8 Å². The summed E-state index contributed by atoms with van der Waals surface area (Å²) < 4.78 is 90.7. The Morgan fingerprint density at radius 3 is 1.67 bits per heavy atom. The van der Waals surface area contributed by atoms with E-state index in [1.807, 2.05) is 6.08 Å². The number of amides is 2. The molecule has 8 rings (SSSR count). The van der Waals surface area contributed by atoms with Crippen LogP contribution >= 0.6 is 0 Å². The van der Waals surface area contributed by atoms with Crippen LogP contribution < -0.4 is 19.2 Å². The fraction of sp³-hybridized carbons (Fsp3) is 0.286. The number of anilines is 2. The Morgan fingerprint density at radius 2 is 1.15 bits per heavy atom. The van der Waals surface area contributed by atoms with E-state index in [1.54, 1.807) is 18.2 Å². The van der Waals surface area contributed by atoms with Gasteiger partial charge in [0.2, 0.25) is 31.5 Å². The van der Waals surface area contributed by atoms with E-state index in [-0.39, 0.29) is 46.1 Å². The number of benzene rings is 2. The van der Waals surface area contributed by atoms with Gasteiger partial charge < -0.3 is 19.5 Å². The summed E-state index contributed by atoms with van der Waals surface area (Å²) in [5, 5.41) is 6.15. The molecule has 0 spiro atoms. The molecule has 0 atom stereocenters. The first kappa shape index (κ1) is 42.0. The average Bonchev–Trinajstić information content (AvgIpc) is 3.75. The van der Waals surface area contributed by atoms with Crippen LogP contribution in [0.25, 0.3) is 50.9 Å². The molecule has 6 heterocycles. The van der Waals surface area contributed by atoms with Crippen molar-refractivity contribution < 1.29 is 44.0 Å². The van der Waals surface area contributed by atoms with Gasteiger partial charge in [0.25, 0.3) is 11.8 Å². The molecule has 60 heavy (non-hydrogen) atoms. The maximum absolute atomic E-state index is 13.4. The van der Waals surface area contributed by atoms with Crippen LogP contribution in [0.2, 0.25) is 0 Å². The second-order valence-electron chi connectivity index (χ2n) is 14.4. The summed E-state index contributed by atoms with van der Waals surface area (Å²) >= 11 is 0. The molecule has 14 nitrogen and oxygen atoms in total. The van der Waals surface area contributed by atoms with Crippen molar-refractivity contribution in [3.8, 4) is 22.6 Å². The first-order valence-corrected chi connectivity index (χ1v) is 22.8. The zero-order valence-corrected chi connectivity index (χ0v) is 34.8. The van der Waals surface area contributed by atoms with Crippen molar-refractivity contribution in [3.63, 3.8) is 0 Å². The number of aryl methyl sites for hydroxylation is 1. The van der Waals surface area contributed by atoms with E-state index in [1.165, 1.54) is 71.2 Å². The van der Waals surface area contributed by atoms with Gasteiger partial charge in [-0.3, -0.25) is 18.2 Å². The Bertz CT molecular complexity index is 2880. The maximum Gasteiger partial charge on any atom is 0.255 e. The summed E-state index contributed by atoms with van der Waals surface area (Å²) in [6.45, 7) is 0.640. The van der Waals surface area contributed by atoms with Crippen molar-refractivity contribution in [2.24, 2.45) is 0 Å². The summed E-state index contributed by atoms with van der Waals surface area (Å²) in [7, 11) is -4.06. The van der Waals surface area contributed by atoms with Gasteiger partial charge in [0.1, 0.15) is 29.0 Å². The van der Waals surface area contributed by atoms with Gasteiger partial charge >= 0.3 is 0 Å². The van der Waals surface area contributed by atoms with Gasteiger partial charge in [-0.05, 0) is 98.3 Å². The Morgan fingerprint density at radius 1 is 0.667 bits per heavy atom. The lowest BCUT2D eigenvalue weighted by Crippen LogP contribution is -2.33. The minimum absolute atomic E-state index is 0.134. The molecular formula is C42H42F2N6O8S2. The average molecular weight is 861 g/mol. The number of rotatable bonds is 6. The van der Waals surface area contributed by atoms with Crippen molar-refractivity contribution in [2.45, 2.75) is 38.5 Å². The van der Waals surface area contributed by atoms with Crippen LogP contribution in [-0.2, 0) is 26.5 Å². The van der Waals surface area contributed by atoms with Gasteiger partial charge in [-0.2, -0.15) is 9.97 Å². The molecule has 0 fully saturated rings. The van der Waals surface area contributed by atoms with Gasteiger partial charge in [0, 0.05) is 43.9 Å². The van der Waals surface area contributed by atoms with Gasteiger partial charge in [-0.1, -0.05) is 18.6 Å². The topological polar surface area (TPSA) is 185 Å². The van der Waals surface area contributed by atoms with E-state index in [0.717, 1.165) is 43.8 Å². The molecule has 2 amide bonds. The fourth-order valence-electron chi connectivity index (χ4n) is 7.29. The number of aromatic nitrogens is 2. The smallest absolute Gasteiger partial charge is 0.255 e. The predicted octanol–water partition coefficient (Wildman–Crippen LogP) is 7.05. The van der Waals surface area contributed by atoms with Crippen LogP contribution in [0.4, 0.5) is 20.4 Å². The number of hydrogen-bond donors (Lipinski definition) is 2. The molecule has 2 aliphatic rings. The molecule has 0 aliphatic carbocycles. The number of sulfonamides is 2. The number of furan rings is 2. The van der Waals surface area contributed by atoms with Crippen LogP contribution in [0, 0.1) is 11.6 Å². The number of carbonyl (C=O) groups is 2. The molecule has 0 bridgehead atoms. The molecule has 6 aromatic rings. The standard InChI is InChI=1S/C21H22FN3O4S.C21H20FN3O4S/c2*1-23-20(26)17-16-12-14-6-4-3-5-11-25(30(2,27)28)19(14)24-21(16)29-18(17)13-7-9-15(22)10-8-13/h7-10,12H,3-6,11H2,1-2H3,(H,23,26);4,6-10,12H,3,5,11H2,1-2H3,(H,23,26)/b;6-4-. The second-order valence-corrected chi connectivity index (χ2v) is 18.2. The Balaban J connectivity index is 0.000000181. The quantitative estimate of drug-likeness (QED) is 0.176. The Hall–Kier alpha value is -6.14. The number of allylic oxidation sites excluding steroid dienone is 1. The normalized spacial score (nSPS) is 15.1. The summed E-state index contributed by atoms with van der Waals surface area (Å²) in [4.78, 5) is 34.4. The molecule has 314 valence electrons. The van der Waals surface area contributed by atoms with Crippen LogP contribution in [0.15, 0.2) is 75.6 Å². The molecular weight excluding hydrogens is 819 g/mol. The largest absolute Gasteiger partial charge is 0.437 e. The van der Waals surface area contributed by atoms with E-state index in [4.69, 9.17) is 8.83 Å². The van der Waals surface area contributed by atoms with E-state index in [2.05, 4.69) is 20.6 Å². The highest BCUT2D eigenvalue weighted by Crippen LogP contribution is 2.39. The van der Waals surface area contributed by atoms with Crippen LogP contribution in [-0.4, -0.2) is 78.3 Å². The lowest BCUT2D eigenvalue weighted by molar-refractivity contribution is 0.0956. The van der Waals surface area contributed by atoms with Crippen molar-refractivity contribution in [1.29, 1.82) is 0 Å². The minimum atomic E-state index is -3.55. The summed E-state index contributed by atoms with van der Waals surface area (Å²) in [5.74, 6) is -0.459. The van der Waals surface area contributed by atoms with E-state index >= 15 is 0 Å². The Kier molecular flexibility index (Phi) is 11.8. The van der Waals surface area contributed by atoms with Gasteiger partial charge in [0.15, 0.2) is 5.82 Å². The fourth-order valence-corrected chi connectivity index (χ4v) is 9.14. The number of fused-ring (bicyclic) bond motifs is 4. The van der Waals surface area contributed by atoms with Crippen molar-refractivity contribution in [2.75, 3.05) is 48.3 Å². The SMILES string of the molecule is CNC(=O)c1c(-c2ccc(F)cc2)oc2nc3c(cc12)/C=C\CCCN3S(C)(=O)=O.CNC(=O)c1c(-c2ccc(F)cc2)oc2nc3c(cc12)CCCCCN3S(C)(=O)=O. The maximum atomic E-state index is 13.4.